The van der Waals surface area contributed by atoms with Gasteiger partial charge in [0.15, 0.2) is 0 Å². The van der Waals surface area contributed by atoms with Crippen molar-refractivity contribution in [3.63, 3.8) is 0 Å². The molecule has 0 aliphatic carbocycles. The number of nitrogens with two attached hydrogens (primary N) is 1. The highest BCUT2D eigenvalue weighted by Gasteiger charge is 2.20. The van der Waals surface area contributed by atoms with E-state index < -0.39 is 6.17 Å². The zero-order valence-electron chi connectivity index (χ0n) is 16.8. The monoisotopic (exact) mass is 371 g/mol. The zero-order chi connectivity index (χ0) is 20.4. The van der Waals surface area contributed by atoms with E-state index >= 15 is 0 Å². The molecule has 2 aromatic rings. The lowest BCUT2D eigenvalue weighted by Gasteiger charge is -2.15. The van der Waals surface area contributed by atoms with E-state index in [4.69, 9.17) is 5.73 Å². The summed E-state index contributed by atoms with van der Waals surface area (Å²) in [4.78, 5) is 8.64. The van der Waals surface area contributed by atoms with Crippen LogP contribution >= 0.6 is 0 Å². The number of rotatable bonds is 2. The van der Waals surface area contributed by atoms with Gasteiger partial charge >= 0.3 is 0 Å². The topological polar surface area (TPSA) is 71.5 Å². The molecule has 0 saturated carbocycles. The largest absolute Gasteiger partial charge is 0.508 e. The molecule has 2 heterocycles. The second-order valence-electron chi connectivity index (χ2n) is 5.86. The number of hydrogen-bond acceptors (Lipinski definition) is 4. The number of aromatic hydroxyl groups is 1. The fourth-order valence-electron chi connectivity index (χ4n) is 2.59. The van der Waals surface area contributed by atoms with Crippen LogP contribution in [0, 0.1) is 0 Å². The molecule has 1 aliphatic rings. The predicted molar refractivity (Wildman–Crippen MR) is 112 cm³/mol. The quantitative estimate of drug-likeness (QED) is 0.741. The van der Waals surface area contributed by atoms with Crippen molar-refractivity contribution in [2.24, 2.45) is 10.7 Å². The highest BCUT2D eigenvalue weighted by Crippen LogP contribution is 2.30. The molecular formula is C22H30FN3O. The minimum absolute atomic E-state index is 0.0325. The number of halogens is 1. The van der Waals surface area contributed by atoms with Gasteiger partial charge in [-0.3, -0.25) is 9.98 Å². The smallest absolute Gasteiger partial charge is 0.123 e. The van der Waals surface area contributed by atoms with E-state index in [1.165, 1.54) is 25.5 Å². The maximum absolute atomic E-state index is 14.0. The third-order valence-corrected chi connectivity index (χ3v) is 3.67. The number of alkyl halides is 1. The van der Waals surface area contributed by atoms with Crippen LogP contribution in [0.3, 0.4) is 0 Å². The molecular weight excluding hydrogens is 341 g/mol. The van der Waals surface area contributed by atoms with Crippen LogP contribution < -0.4 is 5.73 Å². The summed E-state index contributed by atoms with van der Waals surface area (Å²) >= 11 is 0. The van der Waals surface area contributed by atoms with Gasteiger partial charge in [-0.25, -0.2) is 4.39 Å². The Bertz CT molecular complexity index is 798. The predicted octanol–water partition coefficient (Wildman–Crippen LogP) is 5.41. The third-order valence-electron chi connectivity index (χ3n) is 3.67. The lowest BCUT2D eigenvalue weighted by molar-refractivity contribution is 0.371. The molecule has 0 radical (unpaired) electrons. The Hall–Kier alpha value is -2.69. The lowest BCUT2D eigenvalue weighted by Crippen LogP contribution is -2.11. The molecule has 0 saturated heterocycles. The van der Waals surface area contributed by atoms with E-state index in [1.807, 2.05) is 26.0 Å². The van der Waals surface area contributed by atoms with Gasteiger partial charge in [-0.1, -0.05) is 34.1 Å². The van der Waals surface area contributed by atoms with Gasteiger partial charge in [-0.2, -0.15) is 0 Å². The number of benzene rings is 1. The van der Waals surface area contributed by atoms with Crippen molar-refractivity contribution in [3.8, 4) is 5.75 Å². The molecule has 3 rings (SSSR count). The van der Waals surface area contributed by atoms with Crippen molar-refractivity contribution in [1.82, 2.24) is 4.98 Å². The van der Waals surface area contributed by atoms with Gasteiger partial charge in [0, 0.05) is 34.8 Å². The van der Waals surface area contributed by atoms with Crippen LogP contribution in [0.1, 0.15) is 69.5 Å². The van der Waals surface area contributed by atoms with E-state index in [9.17, 15) is 9.50 Å². The van der Waals surface area contributed by atoms with E-state index in [0.29, 0.717) is 29.1 Å². The summed E-state index contributed by atoms with van der Waals surface area (Å²) in [6.45, 7) is 10.1. The minimum Gasteiger partial charge on any atom is -0.508 e. The van der Waals surface area contributed by atoms with Crippen molar-refractivity contribution in [2.75, 3.05) is 6.54 Å². The van der Waals surface area contributed by atoms with E-state index in [-0.39, 0.29) is 5.75 Å². The van der Waals surface area contributed by atoms with Crippen LogP contribution in [0.5, 0.6) is 5.75 Å². The number of fused-ring (bicyclic) bond motifs is 1. The van der Waals surface area contributed by atoms with Crippen molar-refractivity contribution in [1.29, 1.82) is 0 Å². The minimum atomic E-state index is -1.22. The maximum Gasteiger partial charge on any atom is 0.123 e. The summed E-state index contributed by atoms with van der Waals surface area (Å²) in [7, 11) is 0. The molecule has 5 heteroatoms. The van der Waals surface area contributed by atoms with Gasteiger partial charge in [-0.15, -0.1) is 0 Å². The van der Waals surface area contributed by atoms with Crippen molar-refractivity contribution in [2.45, 2.75) is 47.2 Å². The Kier molecular flexibility index (Phi) is 9.20. The van der Waals surface area contributed by atoms with Crippen molar-refractivity contribution in [3.05, 3.63) is 65.0 Å². The first kappa shape index (κ1) is 22.4. The molecule has 0 fully saturated rings. The first-order valence-corrected chi connectivity index (χ1v) is 9.41. The second kappa shape index (κ2) is 11.1. The van der Waals surface area contributed by atoms with E-state index in [2.05, 4.69) is 23.8 Å². The summed E-state index contributed by atoms with van der Waals surface area (Å²) in [6.07, 6.45) is 5.18. The number of aromatic nitrogens is 1. The zero-order valence-corrected chi connectivity index (χ0v) is 16.8. The average molecular weight is 372 g/mol. The fraction of sp³-hybridized carbons (Fsp3) is 0.364. The Morgan fingerprint density at radius 2 is 1.81 bits per heavy atom. The number of phenols is 1. The number of pyridine rings is 1. The summed E-state index contributed by atoms with van der Waals surface area (Å²) in [5.74, 6) is 0.0325. The molecule has 0 amide bonds. The van der Waals surface area contributed by atoms with Gasteiger partial charge in [0.2, 0.25) is 0 Å². The molecule has 1 aromatic carbocycles. The van der Waals surface area contributed by atoms with Gasteiger partial charge < -0.3 is 10.8 Å². The van der Waals surface area contributed by atoms with Crippen molar-refractivity contribution < 1.29 is 9.50 Å². The van der Waals surface area contributed by atoms with Crippen LogP contribution in [0.2, 0.25) is 0 Å². The molecule has 1 atom stereocenters. The van der Waals surface area contributed by atoms with Gasteiger partial charge in [0.1, 0.15) is 11.9 Å². The number of nitrogens with zero attached hydrogens (tertiary/aromatic N) is 2. The fourth-order valence-corrected chi connectivity index (χ4v) is 2.59. The lowest BCUT2D eigenvalue weighted by atomic mass is 9.93. The normalized spacial score (nSPS) is 13.4. The maximum atomic E-state index is 14.0. The molecule has 1 unspecified atom stereocenters. The second-order valence-corrected chi connectivity index (χ2v) is 5.86. The molecule has 146 valence electrons. The summed E-state index contributed by atoms with van der Waals surface area (Å²) < 4.78 is 14.0. The first-order chi connectivity index (χ1) is 13.0. The molecule has 0 bridgehead atoms. The SMILES string of the molecule is CC.CC(F)c1cc(O)ccc1C1=NCC=C(N)c2cnccc21.CCC. The Balaban J connectivity index is 0.000000665. The van der Waals surface area contributed by atoms with Crippen LogP contribution in [-0.2, 0) is 0 Å². The molecule has 0 spiro atoms. The average Bonchev–Trinajstić information content (AvgIpc) is 2.83. The van der Waals surface area contributed by atoms with Gasteiger partial charge in [0.05, 0.1) is 12.3 Å². The highest BCUT2D eigenvalue weighted by atomic mass is 19.1. The third kappa shape index (κ3) is 5.64. The number of aliphatic imine (C=N–C) groups is 1. The molecule has 27 heavy (non-hydrogen) atoms. The molecule has 3 N–H and O–H groups in total. The van der Waals surface area contributed by atoms with Crippen LogP contribution in [0.4, 0.5) is 4.39 Å². The summed E-state index contributed by atoms with van der Waals surface area (Å²) in [6, 6.07) is 6.47. The Morgan fingerprint density at radius 1 is 1.15 bits per heavy atom. The summed E-state index contributed by atoms with van der Waals surface area (Å²) in [5, 5.41) is 9.63. The Morgan fingerprint density at radius 3 is 2.44 bits per heavy atom. The first-order valence-electron chi connectivity index (χ1n) is 9.41. The molecule has 1 aliphatic heterocycles. The highest BCUT2D eigenvalue weighted by molar-refractivity contribution is 6.16. The van der Waals surface area contributed by atoms with Crippen LogP contribution in [-0.4, -0.2) is 22.3 Å². The number of phenolic OH excluding ortho intramolecular Hbond substituents is 1. The molecule has 4 nitrogen and oxygen atoms in total. The standard InChI is InChI=1S/C17H16FN3O.C3H8.C2H6/c1-10(18)14-8-11(22)2-3-12(14)17-13-4-6-20-9-15(13)16(19)5-7-21-17;1-3-2;1-2/h2-6,8-10,22H,7,19H2,1H3;3H2,1-2H3;1-2H3. The van der Waals surface area contributed by atoms with E-state index in [1.54, 1.807) is 18.5 Å². The van der Waals surface area contributed by atoms with Crippen molar-refractivity contribution >= 4 is 11.4 Å². The van der Waals surface area contributed by atoms with Gasteiger partial charge in [-0.05, 0) is 42.8 Å². The summed E-state index contributed by atoms with van der Waals surface area (Å²) in [5.41, 5.74) is 9.97. The number of hydrogen-bond donors (Lipinski definition) is 2. The van der Waals surface area contributed by atoms with E-state index in [0.717, 1.165) is 11.1 Å². The van der Waals surface area contributed by atoms with Crippen LogP contribution in [0.15, 0.2) is 47.7 Å². The van der Waals surface area contributed by atoms with Crippen LogP contribution in [0.25, 0.3) is 5.70 Å². The Labute approximate surface area is 161 Å². The van der Waals surface area contributed by atoms with Gasteiger partial charge in [0.25, 0.3) is 0 Å². The molecule has 1 aromatic heterocycles.